The van der Waals surface area contributed by atoms with Crippen LogP contribution < -0.4 is 5.32 Å². The van der Waals surface area contributed by atoms with Gasteiger partial charge in [0.1, 0.15) is 0 Å². The Morgan fingerprint density at radius 3 is 2.83 bits per heavy atom. The molecule has 66 valence electrons. The molecule has 0 amide bonds. The first kappa shape index (κ1) is 7.66. The normalized spacial score (nSPS) is 20.8. The SMILES string of the molecule is CC(C)C1Cc2ccccc2N1.[HH]. The zero-order valence-electron chi connectivity index (χ0n) is 7.67. The maximum Gasteiger partial charge on any atom is 0.0375 e. The predicted molar refractivity (Wildman–Crippen MR) is 54.5 cm³/mol. The molecule has 0 aliphatic carbocycles. The molecular formula is C11H17N. The van der Waals surface area contributed by atoms with Crippen molar-refractivity contribution in [1.82, 2.24) is 0 Å². The van der Waals surface area contributed by atoms with E-state index in [1.807, 2.05) is 0 Å². The molecular weight excluding hydrogens is 146 g/mol. The summed E-state index contributed by atoms with van der Waals surface area (Å²) in [5, 5.41) is 3.53. The summed E-state index contributed by atoms with van der Waals surface area (Å²) in [5.41, 5.74) is 2.80. The second kappa shape index (κ2) is 2.81. The highest BCUT2D eigenvalue weighted by Crippen LogP contribution is 2.28. The van der Waals surface area contributed by atoms with Crippen LogP contribution in [0.25, 0.3) is 0 Å². The molecule has 1 aliphatic rings. The van der Waals surface area contributed by atoms with E-state index in [4.69, 9.17) is 0 Å². The van der Waals surface area contributed by atoms with Crippen LogP contribution in [0.1, 0.15) is 20.8 Å². The van der Waals surface area contributed by atoms with Gasteiger partial charge in [0.2, 0.25) is 0 Å². The number of hydrogen-bond donors (Lipinski definition) is 1. The Balaban J connectivity index is 0.000000845. The average Bonchev–Trinajstić information content (AvgIpc) is 2.46. The number of nitrogens with one attached hydrogen (secondary N) is 1. The Kier molecular flexibility index (Phi) is 1.80. The quantitative estimate of drug-likeness (QED) is 0.671. The Morgan fingerprint density at radius 2 is 2.17 bits per heavy atom. The lowest BCUT2D eigenvalue weighted by Crippen LogP contribution is -2.21. The van der Waals surface area contributed by atoms with Gasteiger partial charge in [0.15, 0.2) is 0 Å². The monoisotopic (exact) mass is 163 g/mol. The first-order chi connectivity index (χ1) is 5.77. The Morgan fingerprint density at radius 1 is 1.42 bits per heavy atom. The molecule has 1 unspecified atom stereocenters. The van der Waals surface area contributed by atoms with E-state index >= 15 is 0 Å². The summed E-state index contributed by atoms with van der Waals surface area (Å²) in [6.07, 6.45) is 1.19. The summed E-state index contributed by atoms with van der Waals surface area (Å²) >= 11 is 0. The van der Waals surface area contributed by atoms with E-state index in [2.05, 4.69) is 43.4 Å². The van der Waals surface area contributed by atoms with Gasteiger partial charge in [-0.25, -0.2) is 0 Å². The molecule has 0 saturated heterocycles. The van der Waals surface area contributed by atoms with Crippen molar-refractivity contribution < 1.29 is 1.43 Å². The third kappa shape index (κ3) is 1.20. The lowest BCUT2D eigenvalue weighted by Gasteiger charge is -2.14. The van der Waals surface area contributed by atoms with Gasteiger partial charge >= 0.3 is 0 Å². The van der Waals surface area contributed by atoms with Crippen LogP contribution in [0.5, 0.6) is 0 Å². The molecule has 1 heterocycles. The number of hydrogen-bond acceptors (Lipinski definition) is 1. The number of benzene rings is 1. The smallest absolute Gasteiger partial charge is 0.0375 e. The maximum absolute atomic E-state index is 3.53. The minimum atomic E-state index is 0. The van der Waals surface area contributed by atoms with Crippen molar-refractivity contribution in [2.45, 2.75) is 26.3 Å². The van der Waals surface area contributed by atoms with Crippen molar-refractivity contribution in [3.05, 3.63) is 29.8 Å². The Hall–Kier alpha value is -0.980. The van der Waals surface area contributed by atoms with Crippen molar-refractivity contribution >= 4 is 5.69 Å². The highest BCUT2D eigenvalue weighted by Gasteiger charge is 2.21. The van der Waals surface area contributed by atoms with Gasteiger partial charge in [-0.2, -0.15) is 0 Å². The third-order valence-corrected chi connectivity index (χ3v) is 2.60. The molecule has 1 nitrogen and oxygen atoms in total. The van der Waals surface area contributed by atoms with Crippen LogP contribution in [-0.4, -0.2) is 6.04 Å². The van der Waals surface area contributed by atoms with E-state index in [-0.39, 0.29) is 1.43 Å². The van der Waals surface area contributed by atoms with E-state index in [0.29, 0.717) is 6.04 Å². The zero-order chi connectivity index (χ0) is 8.55. The Labute approximate surface area is 75.3 Å². The van der Waals surface area contributed by atoms with Gasteiger partial charge < -0.3 is 5.32 Å². The average molecular weight is 163 g/mol. The molecule has 1 atom stereocenters. The van der Waals surface area contributed by atoms with Gasteiger partial charge in [-0.1, -0.05) is 32.0 Å². The number of fused-ring (bicyclic) bond motifs is 1. The molecule has 1 aromatic rings. The van der Waals surface area contributed by atoms with Gasteiger partial charge in [0.25, 0.3) is 0 Å². The van der Waals surface area contributed by atoms with Crippen LogP contribution >= 0.6 is 0 Å². The second-order valence-electron chi connectivity index (χ2n) is 3.86. The summed E-state index contributed by atoms with van der Waals surface area (Å²) < 4.78 is 0. The molecule has 2 rings (SSSR count). The zero-order valence-corrected chi connectivity index (χ0v) is 7.67. The van der Waals surface area contributed by atoms with E-state index in [1.54, 1.807) is 0 Å². The molecule has 1 N–H and O–H groups in total. The first-order valence-electron chi connectivity index (χ1n) is 4.62. The standard InChI is InChI=1S/C11H15N.H2/c1-8(2)11-7-9-5-3-4-6-10(9)12-11;/h3-6,8,11-12H,7H2,1-2H3;1H. The number of rotatable bonds is 1. The third-order valence-electron chi connectivity index (χ3n) is 2.60. The minimum Gasteiger partial charge on any atom is -0.381 e. The molecule has 1 heteroatoms. The summed E-state index contributed by atoms with van der Waals surface area (Å²) in [6.45, 7) is 4.53. The van der Waals surface area contributed by atoms with E-state index in [9.17, 15) is 0 Å². The summed E-state index contributed by atoms with van der Waals surface area (Å²) in [7, 11) is 0. The molecule has 1 aliphatic heterocycles. The summed E-state index contributed by atoms with van der Waals surface area (Å²) in [5.74, 6) is 0.720. The lowest BCUT2D eigenvalue weighted by atomic mass is 10.0. The molecule has 0 fully saturated rings. The maximum atomic E-state index is 3.53. The molecule has 0 spiro atoms. The highest BCUT2D eigenvalue weighted by molar-refractivity contribution is 5.56. The second-order valence-corrected chi connectivity index (χ2v) is 3.86. The van der Waals surface area contributed by atoms with Crippen LogP contribution in [0.15, 0.2) is 24.3 Å². The van der Waals surface area contributed by atoms with Crippen molar-refractivity contribution in [3.63, 3.8) is 0 Å². The van der Waals surface area contributed by atoms with Crippen molar-refractivity contribution in [1.29, 1.82) is 0 Å². The van der Waals surface area contributed by atoms with Gasteiger partial charge in [-0.3, -0.25) is 0 Å². The van der Waals surface area contributed by atoms with Crippen LogP contribution in [0.3, 0.4) is 0 Å². The van der Waals surface area contributed by atoms with Crippen LogP contribution in [0, 0.1) is 5.92 Å². The number of para-hydroxylation sites is 1. The molecule has 12 heavy (non-hydrogen) atoms. The Bertz CT molecular complexity index is 258. The minimum absolute atomic E-state index is 0. The molecule has 1 aromatic carbocycles. The van der Waals surface area contributed by atoms with Gasteiger partial charge in [-0.15, -0.1) is 0 Å². The summed E-state index contributed by atoms with van der Waals surface area (Å²) in [6, 6.07) is 9.22. The fourth-order valence-corrected chi connectivity index (χ4v) is 1.73. The first-order valence-corrected chi connectivity index (χ1v) is 4.62. The molecule has 0 radical (unpaired) electrons. The highest BCUT2D eigenvalue weighted by atomic mass is 15.0. The summed E-state index contributed by atoms with van der Waals surface area (Å²) in [4.78, 5) is 0. The van der Waals surface area contributed by atoms with Crippen LogP contribution in [-0.2, 0) is 6.42 Å². The van der Waals surface area contributed by atoms with Crippen LogP contribution in [0.4, 0.5) is 5.69 Å². The molecule has 0 bridgehead atoms. The van der Waals surface area contributed by atoms with E-state index in [0.717, 1.165) is 5.92 Å². The van der Waals surface area contributed by atoms with Gasteiger partial charge in [0.05, 0.1) is 0 Å². The van der Waals surface area contributed by atoms with E-state index < -0.39 is 0 Å². The van der Waals surface area contributed by atoms with E-state index in [1.165, 1.54) is 17.7 Å². The van der Waals surface area contributed by atoms with Gasteiger partial charge in [-0.05, 0) is 24.0 Å². The lowest BCUT2D eigenvalue weighted by molar-refractivity contribution is 0.538. The molecule has 0 saturated carbocycles. The fourth-order valence-electron chi connectivity index (χ4n) is 1.73. The molecule has 0 aromatic heterocycles. The predicted octanol–water partition coefficient (Wildman–Crippen LogP) is 2.93. The fraction of sp³-hybridized carbons (Fsp3) is 0.455. The van der Waals surface area contributed by atoms with Crippen molar-refractivity contribution in [2.75, 3.05) is 5.32 Å². The van der Waals surface area contributed by atoms with Crippen molar-refractivity contribution in [2.24, 2.45) is 5.92 Å². The van der Waals surface area contributed by atoms with Gasteiger partial charge in [0, 0.05) is 13.2 Å². The van der Waals surface area contributed by atoms with Crippen LogP contribution in [0.2, 0.25) is 0 Å². The van der Waals surface area contributed by atoms with Crippen molar-refractivity contribution in [3.8, 4) is 0 Å². The largest absolute Gasteiger partial charge is 0.381 e. The topological polar surface area (TPSA) is 12.0 Å². The number of anilines is 1.